The largest absolute Gasteiger partial charge is 0.270 e. The summed E-state index contributed by atoms with van der Waals surface area (Å²) in [6, 6.07) is 2.21. The van der Waals surface area contributed by atoms with Crippen LogP contribution in [0.15, 0.2) is 6.07 Å². The molecule has 5 nitrogen and oxygen atoms in total. The predicted octanol–water partition coefficient (Wildman–Crippen LogP) is 3.57. The van der Waals surface area contributed by atoms with Crippen LogP contribution in [-0.4, -0.2) is 31.2 Å². The van der Waals surface area contributed by atoms with E-state index in [-0.39, 0.29) is 6.61 Å². The highest BCUT2D eigenvalue weighted by Crippen LogP contribution is 2.39. The van der Waals surface area contributed by atoms with Crippen LogP contribution in [0, 0.1) is 6.92 Å². The zero-order chi connectivity index (χ0) is 16.4. The van der Waals surface area contributed by atoms with Crippen molar-refractivity contribution in [3.63, 3.8) is 0 Å². The SMILES string of the molecule is Cc1nc(CCOS(C)(=O)=O)c2cc(C3CCCCC3)sc2n1. The number of hydrogen-bond acceptors (Lipinski definition) is 6. The Hall–Kier alpha value is -1.05. The third-order valence-corrected chi connectivity index (χ3v) is 6.03. The van der Waals surface area contributed by atoms with Gasteiger partial charge in [0.2, 0.25) is 0 Å². The molecule has 126 valence electrons. The smallest absolute Gasteiger partial charge is 0.264 e. The van der Waals surface area contributed by atoms with Gasteiger partial charge in [-0.05, 0) is 31.7 Å². The molecule has 2 heterocycles. The highest BCUT2D eigenvalue weighted by atomic mass is 32.2. The zero-order valence-electron chi connectivity index (χ0n) is 13.5. The second-order valence-corrected chi connectivity index (χ2v) is 8.90. The predicted molar refractivity (Wildman–Crippen MR) is 92.5 cm³/mol. The van der Waals surface area contributed by atoms with Gasteiger partial charge in [-0.3, -0.25) is 4.18 Å². The van der Waals surface area contributed by atoms with Crippen molar-refractivity contribution in [2.45, 2.75) is 51.4 Å². The molecule has 0 N–H and O–H groups in total. The molecule has 23 heavy (non-hydrogen) atoms. The monoisotopic (exact) mass is 354 g/mol. The molecule has 7 heteroatoms. The van der Waals surface area contributed by atoms with Gasteiger partial charge in [0.25, 0.3) is 10.1 Å². The van der Waals surface area contributed by atoms with Crippen molar-refractivity contribution in [1.82, 2.24) is 9.97 Å². The van der Waals surface area contributed by atoms with Crippen LogP contribution in [0.2, 0.25) is 0 Å². The van der Waals surface area contributed by atoms with E-state index in [9.17, 15) is 8.42 Å². The fourth-order valence-electron chi connectivity index (χ4n) is 3.19. The second kappa shape index (κ2) is 6.83. The van der Waals surface area contributed by atoms with Gasteiger partial charge in [0.15, 0.2) is 0 Å². The van der Waals surface area contributed by atoms with E-state index in [1.54, 1.807) is 11.3 Å². The molecule has 0 unspecified atom stereocenters. The van der Waals surface area contributed by atoms with Crippen molar-refractivity contribution < 1.29 is 12.6 Å². The maximum atomic E-state index is 11.1. The van der Waals surface area contributed by atoms with Crippen LogP contribution >= 0.6 is 11.3 Å². The summed E-state index contributed by atoms with van der Waals surface area (Å²) in [5.74, 6) is 1.37. The van der Waals surface area contributed by atoms with E-state index in [0.717, 1.165) is 28.0 Å². The molecular formula is C16H22N2O3S2. The maximum Gasteiger partial charge on any atom is 0.264 e. The standard InChI is InChI=1S/C16H22N2O3S2/c1-11-17-14(8-9-21-23(2,19)20)13-10-15(22-16(13)18-11)12-6-4-3-5-7-12/h10,12H,3-9H2,1-2H3. The van der Waals surface area contributed by atoms with Gasteiger partial charge in [-0.2, -0.15) is 8.42 Å². The summed E-state index contributed by atoms with van der Waals surface area (Å²) in [6.45, 7) is 2.00. The van der Waals surface area contributed by atoms with Crippen molar-refractivity contribution in [3.8, 4) is 0 Å². The van der Waals surface area contributed by atoms with Crippen LogP contribution < -0.4 is 0 Å². The number of thiophene rings is 1. The molecule has 1 fully saturated rings. The van der Waals surface area contributed by atoms with Gasteiger partial charge in [0.1, 0.15) is 10.7 Å². The topological polar surface area (TPSA) is 69.2 Å². The molecule has 1 aliphatic rings. The van der Waals surface area contributed by atoms with Crippen molar-refractivity contribution in [3.05, 3.63) is 22.5 Å². The Labute approximate surface area is 141 Å². The molecule has 0 radical (unpaired) electrons. The van der Waals surface area contributed by atoms with E-state index in [2.05, 4.69) is 16.0 Å². The third-order valence-electron chi connectivity index (χ3n) is 4.25. The van der Waals surface area contributed by atoms with E-state index < -0.39 is 10.1 Å². The quantitative estimate of drug-likeness (QED) is 0.768. The maximum absolute atomic E-state index is 11.1. The summed E-state index contributed by atoms with van der Waals surface area (Å²) in [5, 5.41) is 1.05. The number of hydrogen-bond donors (Lipinski definition) is 0. The Balaban J connectivity index is 1.86. The Bertz CT molecular complexity index is 793. The van der Waals surface area contributed by atoms with Gasteiger partial charge in [-0.1, -0.05) is 19.3 Å². The first-order valence-electron chi connectivity index (χ1n) is 8.04. The molecule has 0 bridgehead atoms. The summed E-state index contributed by atoms with van der Waals surface area (Å²) >= 11 is 1.76. The molecule has 0 spiro atoms. The summed E-state index contributed by atoms with van der Waals surface area (Å²) < 4.78 is 27.1. The summed E-state index contributed by atoms with van der Waals surface area (Å²) in [5.41, 5.74) is 0.884. The first-order valence-corrected chi connectivity index (χ1v) is 10.7. The first-order chi connectivity index (χ1) is 10.9. The number of aromatic nitrogens is 2. The van der Waals surface area contributed by atoms with Gasteiger partial charge in [0, 0.05) is 16.7 Å². The second-order valence-electron chi connectivity index (χ2n) is 6.20. The Morgan fingerprint density at radius 1 is 1.26 bits per heavy atom. The van der Waals surface area contributed by atoms with E-state index in [1.807, 2.05) is 6.92 Å². The van der Waals surface area contributed by atoms with Crippen LogP contribution in [0.3, 0.4) is 0 Å². The van der Waals surface area contributed by atoms with E-state index >= 15 is 0 Å². The molecule has 0 saturated heterocycles. The minimum absolute atomic E-state index is 0.124. The van der Waals surface area contributed by atoms with Crippen LogP contribution in [0.1, 0.15) is 54.4 Å². The molecule has 2 aromatic heterocycles. The lowest BCUT2D eigenvalue weighted by atomic mass is 9.88. The van der Waals surface area contributed by atoms with Gasteiger partial charge in [-0.25, -0.2) is 9.97 Å². The number of rotatable bonds is 5. The van der Waals surface area contributed by atoms with Crippen molar-refractivity contribution in [1.29, 1.82) is 0 Å². The van der Waals surface area contributed by atoms with Gasteiger partial charge < -0.3 is 0 Å². The van der Waals surface area contributed by atoms with E-state index in [1.165, 1.54) is 37.0 Å². The lowest BCUT2D eigenvalue weighted by Crippen LogP contribution is -2.08. The molecule has 3 rings (SSSR count). The van der Waals surface area contributed by atoms with Crippen molar-refractivity contribution in [2.75, 3.05) is 12.9 Å². The number of nitrogens with zero attached hydrogens (tertiary/aromatic N) is 2. The summed E-state index contributed by atoms with van der Waals surface area (Å²) in [4.78, 5) is 11.5. The lowest BCUT2D eigenvalue weighted by Gasteiger charge is -2.19. The normalized spacial score (nSPS) is 17.0. The van der Waals surface area contributed by atoms with Crippen molar-refractivity contribution in [2.24, 2.45) is 0 Å². The average Bonchev–Trinajstić information content (AvgIpc) is 2.90. The summed E-state index contributed by atoms with van der Waals surface area (Å²) in [6.07, 6.45) is 8.01. The number of aryl methyl sites for hydroxylation is 1. The highest BCUT2D eigenvalue weighted by molar-refractivity contribution is 7.85. The summed E-state index contributed by atoms with van der Waals surface area (Å²) in [7, 11) is -3.41. The van der Waals surface area contributed by atoms with Crippen LogP contribution in [0.25, 0.3) is 10.2 Å². The fourth-order valence-corrected chi connectivity index (χ4v) is 4.84. The van der Waals surface area contributed by atoms with E-state index in [0.29, 0.717) is 12.3 Å². The Kier molecular flexibility index (Phi) is 4.98. The lowest BCUT2D eigenvalue weighted by molar-refractivity contribution is 0.325. The molecule has 0 amide bonds. The first kappa shape index (κ1) is 16.8. The molecule has 0 atom stereocenters. The molecule has 2 aromatic rings. The average molecular weight is 354 g/mol. The highest BCUT2D eigenvalue weighted by Gasteiger charge is 2.20. The Morgan fingerprint density at radius 3 is 2.70 bits per heavy atom. The van der Waals surface area contributed by atoms with Crippen LogP contribution in [-0.2, 0) is 20.7 Å². The van der Waals surface area contributed by atoms with Crippen LogP contribution in [0.5, 0.6) is 0 Å². The molecule has 1 aliphatic carbocycles. The minimum atomic E-state index is -3.41. The molecule has 1 saturated carbocycles. The third kappa shape index (κ3) is 4.28. The minimum Gasteiger partial charge on any atom is -0.270 e. The fraction of sp³-hybridized carbons (Fsp3) is 0.625. The molecular weight excluding hydrogens is 332 g/mol. The zero-order valence-corrected chi connectivity index (χ0v) is 15.2. The molecule has 0 aromatic carbocycles. The Morgan fingerprint density at radius 2 is 2.00 bits per heavy atom. The van der Waals surface area contributed by atoms with Gasteiger partial charge >= 0.3 is 0 Å². The van der Waals surface area contributed by atoms with Gasteiger partial charge in [-0.15, -0.1) is 11.3 Å². The molecule has 0 aliphatic heterocycles. The van der Waals surface area contributed by atoms with Gasteiger partial charge in [0.05, 0.1) is 18.6 Å². The number of fused-ring (bicyclic) bond motifs is 1. The van der Waals surface area contributed by atoms with E-state index in [4.69, 9.17) is 4.18 Å². The van der Waals surface area contributed by atoms with Crippen molar-refractivity contribution >= 4 is 31.7 Å². The van der Waals surface area contributed by atoms with Crippen LogP contribution in [0.4, 0.5) is 0 Å².